The number of nitrogens with one attached hydrogen (secondary N) is 2. The molecule has 0 heterocycles. The first kappa shape index (κ1) is 18.6. The predicted molar refractivity (Wildman–Crippen MR) is 107 cm³/mol. The van der Waals surface area contributed by atoms with E-state index in [1.165, 1.54) is 11.8 Å². The number of thioether (sulfide) groups is 1. The highest BCUT2D eigenvalue weighted by Gasteiger charge is 2.05. The van der Waals surface area contributed by atoms with Gasteiger partial charge in [-0.1, -0.05) is 6.07 Å². The van der Waals surface area contributed by atoms with E-state index in [0.29, 0.717) is 17.2 Å². The Morgan fingerprint density at radius 2 is 1.75 bits per heavy atom. The molecule has 0 aliphatic carbocycles. The number of anilines is 2. The van der Waals surface area contributed by atoms with Gasteiger partial charge in [-0.2, -0.15) is 11.8 Å². The third-order valence-electron chi connectivity index (χ3n) is 2.89. The Morgan fingerprint density at radius 3 is 2.42 bits per heavy atom. The van der Waals surface area contributed by atoms with E-state index < -0.39 is 0 Å². The molecule has 5 nitrogen and oxygen atoms in total. The van der Waals surface area contributed by atoms with E-state index >= 15 is 0 Å². The van der Waals surface area contributed by atoms with Crippen LogP contribution in [0.1, 0.15) is 0 Å². The maximum Gasteiger partial charge on any atom is 0.262 e. The first-order valence-corrected chi connectivity index (χ1v) is 9.61. The maximum absolute atomic E-state index is 11.9. The Balaban J connectivity index is 1.81. The molecule has 2 aromatic rings. The molecule has 0 saturated carbocycles. The summed E-state index contributed by atoms with van der Waals surface area (Å²) in [7, 11) is 0. The van der Waals surface area contributed by atoms with Crippen LogP contribution in [0.2, 0.25) is 0 Å². The lowest BCUT2D eigenvalue weighted by Crippen LogP contribution is -2.20. The summed E-state index contributed by atoms with van der Waals surface area (Å²) in [6.45, 7) is -0.0797. The van der Waals surface area contributed by atoms with Gasteiger partial charge in [0.15, 0.2) is 6.61 Å². The number of benzene rings is 2. The van der Waals surface area contributed by atoms with E-state index in [1.54, 1.807) is 24.3 Å². The minimum atomic E-state index is -0.227. The maximum atomic E-state index is 11.9. The second-order valence-electron chi connectivity index (χ2n) is 4.85. The van der Waals surface area contributed by atoms with Gasteiger partial charge in [0.05, 0.1) is 5.75 Å². The molecule has 126 valence electrons. The molecule has 0 radical (unpaired) electrons. The number of carbonyl (C=O) groups excluding carboxylic acids is 2. The Hall–Kier alpha value is -1.74. The molecule has 24 heavy (non-hydrogen) atoms. The van der Waals surface area contributed by atoms with Crippen molar-refractivity contribution in [3.05, 3.63) is 52.1 Å². The Kier molecular flexibility index (Phi) is 7.38. The van der Waals surface area contributed by atoms with Crippen LogP contribution in [0.3, 0.4) is 0 Å². The largest absolute Gasteiger partial charge is 0.484 e. The summed E-state index contributed by atoms with van der Waals surface area (Å²) in [5.41, 5.74) is 1.44. The fourth-order valence-electron chi connectivity index (χ4n) is 1.87. The quantitative estimate of drug-likeness (QED) is 0.625. The lowest BCUT2D eigenvalue weighted by molar-refractivity contribution is -0.118. The van der Waals surface area contributed by atoms with Crippen molar-refractivity contribution < 1.29 is 14.3 Å². The third-order valence-corrected chi connectivity index (χ3v) is 4.11. The number of carbonyl (C=O) groups is 2. The van der Waals surface area contributed by atoms with Gasteiger partial charge in [-0.25, -0.2) is 0 Å². The first-order valence-electron chi connectivity index (χ1n) is 7.14. The van der Waals surface area contributed by atoms with Crippen molar-refractivity contribution in [1.82, 2.24) is 0 Å². The molecule has 0 aromatic heterocycles. The molecule has 0 spiro atoms. The fraction of sp³-hybridized carbons (Fsp3) is 0.176. The summed E-state index contributed by atoms with van der Waals surface area (Å²) in [6.07, 6.45) is 1.87. The van der Waals surface area contributed by atoms with Crippen molar-refractivity contribution in [1.29, 1.82) is 0 Å². The number of halogens is 1. The van der Waals surface area contributed by atoms with Crippen LogP contribution in [0.15, 0.2) is 48.5 Å². The van der Waals surface area contributed by atoms with Crippen molar-refractivity contribution in [3.63, 3.8) is 0 Å². The summed E-state index contributed by atoms with van der Waals surface area (Å²) in [6, 6.07) is 14.4. The van der Waals surface area contributed by atoms with Crippen LogP contribution in [0.5, 0.6) is 5.75 Å². The molecule has 0 aliphatic heterocycles. The van der Waals surface area contributed by atoms with Crippen LogP contribution < -0.4 is 15.4 Å². The lowest BCUT2D eigenvalue weighted by Gasteiger charge is -2.09. The van der Waals surface area contributed by atoms with E-state index in [4.69, 9.17) is 4.74 Å². The van der Waals surface area contributed by atoms with Crippen LogP contribution in [0.25, 0.3) is 0 Å². The van der Waals surface area contributed by atoms with Gasteiger partial charge in [-0.05, 0) is 71.3 Å². The average molecular weight is 456 g/mol. The number of hydrogen-bond acceptors (Lipinski definition) is 4. The molecule has 0 aliphatic rings. The smallest absolute Gasteiger partial charge is 0.262 e. The summed E-state index contributed by atoms with van der Waals surface area (Å²) in [5, 5.41) is 5.55. The molecule has 2 rings (SSSR count). The van der Waals surface area contributed by atoms with Crippen molar-refractivity contribution >= 4 is 57.5 Å². The highest BCUT2D eigenvalue weighted by molar-refractivity contribution is 14.1. The number of hydrogen-bond donors (Lipinski definition) is 2. The van der Waals surface area contributed by atoms with Gasteiger partial charge in [-0.3, -0.25) is 9.59 Å². The Morgan fingerprint density at radius 1 is 1.04 bits per heavy atom. The standard InChI is InChI=1S/C17H17IN2O3S/c1-24-11-17(22)19-13-5-7-15(8-6-13)23-10-16(21)20-14-4-2-3-12(18)9-14/h2-9H,10-11H2,1H3,(H,19,22)(H,20,21). The monoisotopic (exact) mass is 456 g/mol. The summed E-state index contributed by atoms with van der Waals surface area (Å²) in [4.78, 5) is 23.4. The van der Waals surface area contributed by atoms with Crippen LogP contribution in [-0.2, 0) is 9.59 Å². The third kappa shape index (κ3) is 6.40. The first-order chi connectivity index (χ1) is 11.6. The van der Waals surface area contributed by atoms with Crippen LogP contribution in [0.4, 0.5) is 11.4 Å². The molecule has 7 heteroatoms. The number of amides is 2. The zero-order valence-corrected chi connectivity index (χ0v) is 16.0. The SMILES string of the molecule is CSCC(=O)Nc1ccc(OCC(=O)Nc2cccc(I)c2)cc1. The van der Waals surface area contributed by atoms with Crippen molar-refractivity contribution in [2.45, 2.75) is 0 Å². The van der Waals surface area contributed by atoms with Crippen LogP contribution >= 0.6 is 34.4 Å². The van der Waals surface area contributed by atoms with Crippen molar-refractivity contribution in [2.75, 3.05) is 29.2 Å². The average Bonchev–Trinajstić information content (AvgIpc) is 2.54. The van der Waals surface area contributed by atoms with E-state index in [-0.39, 0.29) is 18.4 Å². The summed E-state index contributed by atoms with van der Waals surface area (Å²) >= 11 is 3.65. The molecule has 0 saturated heterocycles. The lowest BCUT2D eigenvalue weighted by atomic mass is 10.3. The van der Waals surface area contributed by atoms with E-state index in [9.17, 15) is 9.59 Å². The highest BCUT2D eigenvalue weighted by atomic mass is 127. The number of rotatable bonds is 7. The van der Waals surface area contributed by atoms with Gasteiger partial charge in [0, 0.05) is 14.9 Å². The predicted octanol–water partition coefficient (Wildman–Crippen LogP) is 3.61. The Bertz CT molecular complexity index is 707. The van der Waals surface area contributed by atoms with Gasteiger partial charge in [-0.15, -0.1) is 0 Å². The van der Waals surface area contributed by atoms with Gasteiger partial charge < -0.3 is 15.4 Å². The molecular weight excluding hydrogens is 439 g/mol. The van der Waals surface area contributed by atoms with Gasteiger partial charge in [0.2, 0.25) is 5.91 Å². The molecule has 2 aromatic carbocycles. The van der Waals surface area contributed by atoms with Gasteiger partial charge in [0.25, 0.3) is 5.91 Å². The second kappa shape index (κ2) is 9.53. The van der Waals surface area contributed by atoms with Crippen LogP contribution in [0, 0.1) is 3.57 Å². The second-order valence-corrected chi connectivity index (χ2v) is 6.96. The highest BCUT2D eigenvalue weighted by Crippen LogP contribution is 2.16. The van der Waals surface area contributed by atoms with Gasteiger partial charge in [0.1, 0.15) is 5.75 Å². The van der Waals surface area contributed by atoms with E-state index in [2.05, 4.69) is 33.2 Å². The minimum Gasteiger partial charge on any atom is -0.484 e. The fourth-order valence-corrected chi connectivity index (χ4v) is 2.75. The molecule has 0 fully saturated rings. The zero-order valence-electron chi connectivity index (χ0n) is 13.0. The molecular formula is C17H17IN2O3S. The van der Waals surface area contributed by atoms with Crippen molar-refractivity contribution in [3.8, 4) is 5.75 Å². The molecule has 2 amide bonds. The molecule has 0 atom stereocenters. The summed E-state index contributed by atoms with van der Waals surface area (Å²) in [5.74, 6) is 0.703. The van der Waals surface area contributed by atoms with Crippen molar-refractivity contribution in [2.24, 2.45) is 0 Å². The normalized spacial score (nSPS) is 10.1. The summed E-state index contributed by atoms with van der Waals surface area (Å²) < 4.78 is 6.49. The van der Waals surface area contributed by atoms with E-state index in [1.807, 2.05) is 30.5 Å². The van der Waals surface area contributed by atoms with Gasteiger partial charge >= 0.3 is 0 Å². The number of ether oxygens (including phenoxy) is 1. The molecule has 0 bridgehead atoms. The van der Waals surface area contributed by atoms with Crippen LogP contribution in [-0.4, -0.2) is 30.4 Å². The molecule has 0 unspecified atom stereocenters. The zero-order chi connectivity index (χ0) is 17.4. The van der Waals surface area contributed by atoms with E-state index in [0.717, 1.165) is 9.26 Å². The minimum absolute atomic E-state index is 0.0481. The topological polar surface area (TPSA) is 67.4 Å². The molecule has 2 N–H and O–H groups in total. The Labute approximate surface area is 158 Å².